The van der Waals surface area contributed by atoms with Gasteiger partial charge in [-0.25, -0.2) is 4.98 Å². The highest BCUT2D eigenvalue weighted by Gasteiger charge is 2.10. The molecule has 0 saturated carbocycles. The first-order valence-corrected chi connectivity index (χ1v) is 9.48. The summed E-state index contributed by atoms with van der Waals surface area (Å²) in [5.41, 5.74) is 3.09. The number of rotatable bonds is 6. The van der Waals surface area contributed by atoms with Crippen LogP contribution in [0.4, 0.5) is 5.69 Å². The molecule has 26 heavy (non-hydrogen) atoms. The smallest absolute Gasteiger partial charge is 0.251 e. The van der Waals surface area contributed by atoms with Gasteiger partial charge in [-0.05, 0) is 36.2 Å². The molecule has 0 aliphatic carbocycles. The van der Waals surface area contributed by atoms with Crippen LogP contribution in [-0.2, 0) is 11.2 Å². The molecule has 0 aliphatic heterocycles. The largest absolute Gasteiger partial charge is 0.352 e. The molecule has 134 valence electrons. The number of carbonyl (C=O) groups is 2. The Labute approximate surface area is 160 Å². The number of hydrogen-bond acceptors (Lipinski definition) is 4. The number of hydrogen-bond donors (Lipinski definition) is 2. The number of para-hydroxylation sites is 1. The van der Waals surface area contributed by atoms with Gasteiger partial charge in [0.1, 0.15) is 0 Å². The van der Waals surface area contributed by atoms with E-state index in [0.29, 0.717) is 15.5 Å². The van der Waals surface area contributed by atoms with Gasteiger partial charge in [-0.2, -0.15) is 0 Å². The van der Waals surface area contributed by atoms with Crippen molar-refractivity contribution in [3.05, 3.63) is 58.1 Å². The van der Waals surface area contributed by atoms with Crippen molar-refractivity contribution in [3.63, 3.8) is 0 Å². The van der Waals surface area contributed by atoms with Gasteiger partial charge in [0.2, 0.25) is 5.91 Å². The van der Waals surface area contributed by atoms with Crippen molar-refractivity contribution in [3.8, 4) is 0 Å². The summed E-state index contributed by atoms with van der Waals surface area (Å²) in [6.45, 7) is 2.30. The monoisotopic (exact) mass is 387 g/mol. The Bertz CT molecular complexity index is 955. The molecule has 0 spiro atoms. The lowest BCUT2D eigenvalue weighted by Gasteiger charge is -2.10. The lowest BCUT2D eigenvalue weighted by molar-refractivity contribution is -0.116. The van der Waals surface area contributed by atoms with Crippen LogP contribution in [0.25, 0.3) is 10.2 Å². The molecule has 0 fully saturated rings. The van der Waals surface area contributed by atoms with Gasteiger partial charge >= 0.3 is 0 Å². The number of fused-ring (bicyclic) bond motifs is 1. The average molecular weight is 388 g/mol. The van der Waals surface area contributed by atoms with E-state index in [2.05, 4.69) is 15.6 Å². The maximum Gasteiger partial charge on any atom is 0.251 e. The second kappa shape index (κ2) is 8.29. The van der Waals surface area contributed by atoms with Crippen LogP contribution in [0.2, 0.25) is 4.47 Å². The van der Waals surface area contributed by atoms with Crippen molar-refractivity contribution in [1.29, 1.82) is 0 Å². The fraction of sp³-hybridized carbons (Fsp3) is 0.211. The first-order valence-electron chi connectivity index (χ1n) is 8.29. The average Bonchev–Trinajstić information content (AvgIpc) is 3.01. The van der Waals surface area contributed by atoms with Gasteiger partial charge in [0.15, 0.2) is 4.47 Å². The molecule has 1 heterocycles. The summed E-state index contributed by atoms with van der Waals surface area (Å²) >= 11 is 7.25. The zero-order valence-electron chi connectivity index (χ0n) is 14.2. The normalized spacial score (nSPS) is 10.7. The van der Waals surface area contributed by atoms with Crippen LogP contribution in [0, 0.1) is 0 Å². The van der Waals surface area contributed by atoms with Gasteiger partial charge in [0.05, 0.1) is 10.2 Å². The highest BCUT2D eigenvalue weighted by Crippen LogP contribution is 2.26. The van der Waals surface area contributed by atoms with Gasteiger partial charge < -0.3 is 10.6 Å². The molecule has 0 bridgehead atoms. The molecule has 0 unspecified atom stereocenters. The molecule has 2 aromatic carbocycles. The molecule has 0 radical (unpaired) electrons. The standard InChI is InChI=1S/C19H18ClN3O2S/c1-2-12-5-3-4-6-14(12)22-17(24)9-10-21-18(25)13-7-8-16-15(11-13)23-19(20)26-16/h3-8,11H,2,9-10H2,1H3,(H,21,25)(H,22,24). The second-order valence-electron chi connectivity index (χ2n) is 5.71. The summed E-state index contributed by atoms with van der Waals surface area (Å²) in [4.78, 5) is 28.5. The number of nitrogens with one attached hydrogen (secondary N) is 2. The highest BCUT2D eigenvalue weighted by atomic mass is 35.5. The van der Waals surface area contributed by atoms with Crippen LogP contribution in [0.1, 0.15) is 29.3 Å². The third-order valence-corrected chi connectivity index (χ3v) is 5.07. The topological polar surface area (TPSA) is 71.1 Å². The quantitative estimate of drug-likeness (QED) is 0.663. The minimum atomic E-state index is -0.238. The lowest BCUT2D eigenvalue weighted by atomic mass is 10.1. The highest BCUT2D eigenvalue weighted by molar-refractivity contribution is 7.22. The summed E-state index contributed by atoms with van der Waals surface area (Å²) in [6.07, 6.45) is 1.05. The van der Waals surface area contributed by atoms with Crippen LogP contribution in [0.15, 0.2) is 42.5 Å². The van der Waals surface area contributed by atoms with Gasteiger partial charge in [-0.3, -0.25) is 9.59 Å². The Morgan fingerprint density at radius 1 is 1.19 bits per heavy atom. The van der Waals surface area contributed by atoms with Crippen LogP contribution >= 0.6 is 22.9 Å². The van der Waals surface area contributed by atoms with E-state index in [9.17, 15) is 9.59 Å². The van der Waals surface area contributed by atoms with Crippen molar-refractivity contribution in [2.24, 2.45) is 0 Å². The number of amides is 2. The maximum absolute atomic E-state index is 12.2. The van der Waals surface area contributed by atoms with Crippen LogP contribution in [0.5, 0.6) is 0 Å². The predicted molar refractivity (Wildman–Crippen MR) is 106 cm³/mol. The van der Waals surface area contributed by atoms with Gasteiger partial charge in [0.25, 0.3) is 5.91 Å². The van der Waals surface area contributed by atoms with Gasteiger partial charge in [-0.1, -0.05) is 36.7 Å². The first kappa shape index (κ1) is 18.4. The molecule has 3 aromatic rings. The third kappa shape index (κ3) is 4.39. The predicted octanol–water partition coefficient (Wildman–Crippen LogP) is 4.27. The number of halogens is 1. The van der Waals surface area contributed by atoms with Crippen molar-refractivity contribution in [2.45, 2.75) is 19.8 Å². The first-order chi connectivity index (χ1) is 12.6. The van der Waals surface area contributed by atoms with Crippen LogP contribution in [0.3, 0.4) is 0 Å². The maximum atomic E-state index is 12.2. The van der Waals surface area contributed by atoms with E-state index < -0.39 is 0 Å². The SMILES string of the molecule is CCc1ccccc1NC(=O)CCNC(=O)c1ccc2sc(Cl)nc2c1. The molecule has 2 amide bonds. The molecule has 3 rings (SSSR count). The molecule has 0 atom stereocenters. The molecule has 2 N–H and O–H groups in total. The van der Waals surface area contributed by atoms with Crippen molar-refractivity contribution < 1.29 is 9.59 Å². The molecular formula is C19H18ClN3O2S. The van der Waals surface area contributed by atoms with E-state index in [4.69, 9.17) is 11.6 Å². The number of carbonyl (C=O) groups excluding carboxylic acids is 2. The number of aryl methyl sites for hydroxylation is 1. The number of thiazole rings is 1. The zero-order chi connectivity index (χ0) is 18.5. The summed E-state index contributed by atoms with van der Waals surface area (Å²) in [5.74, 6) is -0.370. The van der Waals surface area contributed by atoms with Crippen LogP contribution in [-0.4, -0.2) is 23.3 Å². The second-order valence-corrected chi connectivity index (χ2v) is 7.33. The molecule has 0 aliphatic rings. The fourth-order valence-electron chi connectivity index (χ4n) is 2.60. The van der Waals surface area contributed by atoms with Gasteiger partial charge in [0, 0.05) is 24.2 Å². The summed E-state index contributed by atoms with van der Waals surface area (Å²) in [5, 5.41) is 5.65. The van der Waals surface area contributed by atoms with E-state index in [1.807, 2.05) is 37.3 Å². The summed E-state index contributed by atoms with van der Waals surface area (Å²) in [6, 6.07) is 12.9. The van der Waals surface area contributed by atoms with E-state index >= 15 is 0 Å². The molecule has 5 nitrogen and oxygen atoms in total. The van der Waals surface area contributed by atoms with Crippen LogP contribution < -0.4 is 10.6 Å². The van der Waals surface area contributed by atoms with E-state index in [-0.39, 0.29) is 24.8 Å². The minimum absolute atomic E-state index is 0.132. The van der Waals surface area contributed by atoms with E-state index in [1.54, 1.807) is 12.1 Å². The molecule has 1 aromatic heterocycles. The minimum Gasteiger partial charge on any atom is -0.352 e. The molecule has 7 heteroatoms. The zero-order valence-corrected chi connectivity index (χ0v) is 15.8. The number of benzene rings is 2. The van der Waals surface area contributed by atoms with Crippen molar-refractivity contribution >= 4 is 50.7 Å². The summed E-state index contributed by atoms with van der Waals surface area (Å²) < 4.78 is 1.38. The molecule has 0 saturated heterocycles. The third-order valence-electron chi connectivity index (χ3n) is 3.93. The lowest BCUT2D eigenvalue weighted by Crippen LogP contribution is -2.27. The number of anilines is 1. The Kier molecular flexibility index (Phi) is 5.85. The fourth-order valence-corrected chi connectivity index (χ4v) is 3.61. The van der Waals surface area contributed by atoms with Crippen molar-refractivity contribution in [2.75, 3.05) is 11.9 Å². The number of aromatic nitrogens is 1. The summed E-state index contributed by atoms with van der Waals surface area (Å²) in [7, 11) is 0. The Morgan fingerprint density at radius 3 is 2.81 bits per heavy atom. The Morgan fingerprint density at radius 2 is 2.00 bits per heavy atom. The number of nitrogens with zero attached hydrogens (tertiary/aromatic N) is 1. The van der Waals surface area contributed by atoms with E-state index in [1.165, 1.54) is 11.3 Å². The Balaban J connectivity index is 1.53. The molecular weight excluding hydrogens is 370 g/mol. The Hall–Kier alpha value is -2.44. The van der Waals surface area contributed by atoms with E-state index in [0.717, 1.165) is 22.4 Å². The van der Waals surface area contributed by atoms with Gasteiger partial charge in [-0.15, -0.1) is 11.3 Å². The van der Waals surface area contributed by atoms with Crippen molar-refractivity contribution in [1.82, 2.24) is 10.3 Å².